The summed E-state index contributed by atoms with van der Waals surface area (Å²) in [7, 11) is -2.90. The fourth-order valence-electron chi connectivity index (χ4n) is 4.06. The van der Waals surface area contributed by atoms with Gasteiger partial charge in [-0.1, -0.05) is 32.9 Å². The van der Waals surface area contributed by atoms with Crippen molar-refractivity contribution >= 4 is 32.9 Å². The summed E-state index contributed by atoms with van der Waals surface area (Å²) in [6.45, 7) is 8.36. The third-order valence-electron chi connectivity index (χ3n) is 6.23. The van der Waals surface area contributed by atoms with Crippen LogP contribution in [0.4, 0.5) is 5.95 Å². The van der Waals surface area contributed by atoms with Gasteiger partial charge in [0.2, 0.25) is 5.95 Å². The number of ketones is 1. The van der Waals surface area contributed by atoms with Crippen molar-refractivity contribution in [3.8, 4) is 11.3 Å². The lowest BCUT2D eigenvalue weighted by atomic mass is 9.98. The van der Waals surface area contributed by atoms with Crippen LogP contribution >= 0.6 is 11.3 Å². The Kier molecular flexibility index (Phi) is 7.38. The maximum absolute atomic E-state index is 12.7. The first-order chi connectivity index (χ1) is 16.5. The smallest absolute Gasteiger partial charge is 0.223 e. The maximum atomic E-state index is 12.7. The third kappa shape index (κ3) is 6.52. The van der Waals surface area contributed by atoms with Crippen molar-refractivity contribution in [3.05, 3.63) is 57.7 Å². The molecule has 1 aliphatic heterocycles. The number of nitrogens with one attached hydrogen (secondary N) is 1. The monoisotopic (exact) mass is 512 g/mol. The number of rotatable bonds is 7. The molecule has 1 N–H and O–H groups in total. The van der Waals surface area contributed by atoms with Gasteiger partial charge in [-0.25, -0.2) is 23.4 Å². The van der Waals surface area contributed by atoms with Gasteiger partial charge in [-0.05, 0) is 49.4 Å². The molecule has 2 aromatic heterocycles. The van der Waals surface area contributed by atoms with Crippen LogP contribution in [-0.4, -0.2) is 46.7 Å². The Balaban J connectivity index is 1.39. The molecule has 0 aliphatic carbocycles. The molecule has 0 atom stereocenters. The number of nitrogens with zero attached hydrogens (tertiary/aromatic N) is 3. The predicted octanol–water partition coefficient (Wildman–Crippen LogP) is 5.01. The van der Waals surface area contributed by atoms with Crippen LogP contribution < -0.4 is 5.32 Å². The SMILES string of the molecule is Cc1cc(-c2ccnc(NC3CCS(=O)(=O)CC3)n2)ccc1CCC(=O)c1cnc(C(C)(C)C)s1. The zero-order valence-electron chi connectivity index (χ0n) is 20.7. The molecule has 0 amide bonds. The lowest BCUT2D eigenvalue weighted by Crippen LogP contribution is -2.32. The van der Waals surface area contributed by atoms with Crippen LogP contribution in [0.5, 0.6) is 0 Å². The van der Waals surface area contributed by atoms with Crippen LogP contribution in [0, 0.1) is 6.92 Å². The molecule has 3 heterocycles. The Hall–Kier alpha value is -2.65. The molecule has 0 unspecified atom stereocenters. The van der Waals surface area contributed by atoms with E-state index in [1.165, 1.54) is 11.3 Å². The van der Waals surface area contributed by atoms with Crippen LogP contribution in [0.25, 0.3) is 11.3 Å². The molecule has 0 spiro atoms. The van der Waals surface area contributed by atoms with Gasteiger partial charge in [0, 0.05) is 35.8 Å². The van der Waals surface area contributed by atoms with Gasteiger partial charge in [0.25, 0.3) is 0 Å². The fourth-order valence-corrected chi connectivity index (χ4v) is 6.50. The minimum Gasteiger partial charge on any atom is -0.351 e. The summed E-state index contributed by atoms with van der Waals surface area (Å²) in [6.07, 6.45) is 5.69. The van der Waals surface area contributed by atoms with E-state index in [4.69, 9.17) is 0 Å². The van der Waals surface area contributed by atoms with Gasteiger partial charge in [-0.3, -0.25) is 4.79 Å². The van der Waals surface area contributed by atoms with Gasteiger partial charge in [0.15, 0.2) is 5.78 Å². The number of hydrogen-bond donors (Lipinski definition) is 1. The van der Waals surface area contributed by atoms with Crippen molar-refractivity contribution in [2.75, 3.05) is 16.8 Å². The first-order valence-corrected chi connectivity index (χ1v) is 14.5. The predicted molar refractivity (Wildman–Crippen MR) is 141 cm³/mol. The lowest BCUT2D eigenvalue weighted by molar-refractivity contribution is 0.0986. The molecule has 7 nitrogen and oxygen atoms in total. The van der Waals surface area contributed by atoms with Gasteiger partial charge in [0.1, 0.15) is 9.84 Å². The average molecular weight is 513 g/mol. The Morgan fingerprint density at radius 3 is 2.54 bits per heavy atom. The van der Waals surface area contributed by atoms with Crippen molar-refractivity contribution in [2.24, 2.45) is 0 Å². The Morgan fingerprint density at radius 2 is 1.89 bits per heavy atom. The summed E-state index contributed by atoms with van der Waals surface area (Å²) in [5.41, 5.74) is 3.98. The first kappa shape index (κ1) is 25.4. The molecule has 4 rings (SSSR count). The van der Waals surface area contributed by atoms with E-state index in [0.29, 0.717) is 31.6 Å². The van der Waals surface area contributed by atoms with Crippen LogP contribution in [0.15, 0.2) is 36.7 Å². The lowest BCUT2D eigenvalue weighted by Gasteiger charge is -2.23. The number of hydrogen-bond acceptors (Lipinski definition) is 8. The number of thiazole rings is 1. The van der Waals surface area contributed by atoms with E-state index in [2.05, 4.69) is 60.1 Å². The molecule has 9 heteroatoms. The topological polar surface area (TPSA) is 102 Å². The minimum absolute atomic E-state index is 0.0525. The molecular formula is C26H32N4O3S2. The number of carbonyl (C=O) groups is 1. The second-order valence-corrected chi connectivity index (χ2v) is 13.5. The van der Waals surface area contributed by atoms with E-state index < -0.39 is 9.84 Å². The zero-order valence-corrected chi connectivity index (χ0v) is 22.3. The summed E-state index contributed by atoms with van der Waals surface area (Å²) >= 11 is 1.49. The van der Waals surface area contributed by atoms with Gasteiger partial charge >= 0.3 is 0 Å². The molecule has 3 aromatic rings. The number of Topliss-reactive ketones (excluding diaryl/α,β-unsaturated/α-hetero) is 1. The standard InChI is InChI=1S/C26H32N4O3S2/c1-17-15-19(21-9-12-27-25(30-21)29-20-10-13-35(32,33)14-11-20)6-5-18(17)7-8-22(31)23-16-28-24(34-23)26(2,3)4/h5-6,9,12,15-16,20H,7-8,10-11,13-14H2,1-4H3,(H,27,29,30). The molecule has 1 aliphatic rings. The summed E-state index contributed by atoms with van der Waals surface area (Å²) in [5.74, 6) is 1.05. The molecule has 1 aromatic carbocycles. The van der Waals surface area contributed by atoms with Gasteiger partial charge in [-0.2, -0.15) is 0 Å². The molecule has 0 bridgehead atoms. The Labute approximate surface area is 211 Å². The Morgan fingerprint density at radius 1 is 1.14 bits per heavy atom. The number of anilines is 1. The van der Waals surface area contributed by atoms with E-state index in [1.807, 2.05) is 12.1 Å². The number of carbonyl (C=O) groups excluding carboxylic acids is 1. The molecule has 1 fully saturated rings. The highest BCUT2D eigenvalue weighted by molar-refractivity contribution is 7.91. The third-order valence-corrected chi connectivity index (χ3v) is 9.40. The number of aryl methyl sites for hydroxylation is 2. The van der Waals surface area contributed by atoms with E-state index in [1.54, 1.807) is 12.4 Å². The van der Waals surface area contributed by atoms with Crippen LogP contribution in [0.3, 0.4) is 0 Å². The number of benzene rings is 1. The van der Waals surface area contributed by atoms with E-state index in [-0.39, 0.29) is 28.7 Å². The summed E-state index contributed by atoms with van der Waals surface area (Å²) in [4.78, 5) is 26.8. The summed E-state index contributed by atoms with van der Waals surface area (Å²) in [5, 5.41) is 4.27. The summed E-state index contributed by atoms with van der Waals surface area (Å²) in [6, 6.07) is 8.10. The van der Waals surface area contributed by atoms with Gasteiger partial charge in [0.05, 0.1) is 27.1 Å². The fraction of sp³-hybridized carbons (Fsp3) is 0.462. The van der Waals surface area contributed by atoms with Gasteiger partial charge < -0.3 is 5.32 Å². The largest absolute Gasteiger partial charge is 0.351 e. The normalized spacial score (nSPS) is 16.2. The highest BCUT2D eigenvalue weighted by Gasteiger charge is 2.24. The molecule has 186 valence electrons. The summed E-state index contributed by atoms with van der Waals surface area (Å²) < 4.78 is 23.3. The number of sulfone groups is 1. The van der Waals surface area contributed by atoms with Crippen molar-refractivity contribution < 1.29 is 13.2 Å². The molecule has 0 saturated carbocycles. The zero-order chi connectivity index (χ0) is 25.2. The maximum Gasteiger partial charge on any atom is 0.223 e. The second kappa shape index (κ2) is 10.1. The Bertz CT molecular complexity index is 1310. The van der Waals surface area contributed by atoms with E-state index in [0.717, 1.165) is 32.3 Å². The van der Waals surface area contributed by atoms with E-state index >= 15 is 0 Å². The first-order valence-electron chi connectivity index (χ1n) is 11.9. The second-order valence-electron chi connectivity index (χ2n) is 10.2. The van der Waals surface area contributed by atoms with Crippen molar-refractivity contribution in [3.63, 3.8) is 0 Å². The van der Waals surface area contributed by atoms with E-state index in [9.17, 15) is 13.2 Å². The van der Waals surface area contributed by atoms with Crippen molar-refractivity contribution in [1.82, 2.24) is 15.0 Å². The average Bonchev–Trinajstić information content (AvgIpc) is 3.31. The van der Waals surface area contributed by atoms with Crippen molar-refractivity contribution in [2.45, 2.75) is 64.8 Å². The molecule has 35 heavy (non-hydrogen) atoms. The molecule has 1 saturated heterocycles. The van der Waals surface area contributed by atoms with Gasteiger partial charge in [-0.15, -0.1) is 11.3 Å². The number of aromatic nitrogens is 3. The highest BCUT2D eigenvalue weighted by Crippen LogP contribution is 2.28. The molecular weight excluding hydrogens is 480 g/mol. The van der Waals surface area contributed by atoms with Crippen molar-refractivity contribution in [1.29, 1.82) is 0 Å². The molecule has 0 radical (unpaired) electrons. The van der Waals surface area contributed by atoms with Crippen LogP contribution in [0.1, 0.15) is 65.8 Å². The quantitative estimate of drug-likeness (QED) is 0.444. The minimum atomic E-state index is -2.90. The van der Waals surface area contributed by atoms with Crippen LogP contribution in [-0.2, 0) is 21.7 Å². The van der Waals surface area contributed by atoms with Crippen LogP contribution in [0.2, 0.25) is 0 Å². The highest BCUT2D eigenvalue weighted by atomic mass is 32.2.